The average Bonchev–Trinajstić information content (AvgIpc) is 3.37. The number of rotatable bonds is 5. The Balaban J connectivity index is 1.53. The van der Waals surface area contributed by atoms with E-state index in [2.05, 4.69) is 10.2 Å². The highest BCUT2D eigenvalue weighted by Crippen LogP contribution is 2.35. The molecular formula is C19H18ClFN2O2S. The van der Waals surface area contributed by atoms with Crippen molar-refractivity contribution < 1.29 is 13.6 Å². The van der Waals surface area contributed by atoms with Crippen molar-refractivity contribution in [3.05, 3.63) is 58.1 Å². The zero-order valence-electron chi connectivity index (χ0n) is 14.0. The topological polar surface area (TPSA) is 45.5 Å². The Labute approximate surface area is 159 Å². The molecule has 26 heavy (non-hydrogen) atoms. The van der Waals surface area contributed by atoms with Crippen molar-refractivity contribution in [3.8, 4) is 0 Å². The Hall–Kier alpha value is -1.89. The first-order chi connectivity index (χ1) is 12.6. The Kier molecular flexibility index (Phi) is 4.98. The van der Waals surface area contributed by atoms with E-state index in [4.69, 9.17) is 16.0 Å². The second-order valence-electron chi connectivity index (χ2n) is 6.37. The van der Waals surface area contributed by atoms with Crippen molar-refractivity contribution in [1.29, 1.82) is 0 Å². The van der Waals surface area contributed by atoms with Gasteiger partial charge in [0.1, 0.15) is 16.5 Å². The highest BCUT2D eigenvalue weighted by Gasteiger charge is 2.27. The highest BCUT2D eigenvalue weighted by atomic mass is 35.5. The lowest BCUT2D eigenvalue weighted by Gasteiger charge is -2.25. The number of likely N-dealkylation sites (tertiary alicyclic amines) is 1. The Morgan fingerprint density at radius 2 is 2.15 bits per heavy atom. The van der Waals surface area contributed by atoms with Gasteiger partial charge in [0.25, 0.3) is 5.91 Å². The summed E-state index contributed by atoms with van der Waals surface area (Å²) in [6.45, 7) is 2.42. The molecule has 0 radical (unpaired) electrons. The second-order valence-corrected chi connectivity index (χ2v) is 7.80. The van der Waals surface area contributed by atoms with E-state index in [0.29, 0.717) is 26.5 Å². The van der Waals surface area contributed by atoms with Crippen molar-refractivity contribution in [2.75, 3.05) is 19.6 Å². The molecule has 0 bridgehead atoms. The average molecular weight is 393 g/mol. The van der Waals surface area contributed by atoms with Gasteiger partial charge in [-0.2, -0.15) is 0 Å². The van der Waals surface area contributed by atoms with Crippen LogP contribution in [-0.2, 0) is 0 Å². The molecule has 1 fully saturated rings. The number of nitrogens with zero attached hydrogens (tertiary/aromatic N) is 1. The fourth-order valence-electron chi connectivity index (χ4n) is 3.40. The third-order valence-corrected chi connectivity index (χ3v) is 6.36. The number of furan rings is 1. The van der Waals surface area contributed by atoms with Crippen LogP contribution in [-0.4, -0.2) is 30.4 Å². The molecule has 1 aromatic carbocycles. The molecule has 1 amide bonds. The van der Waals surface area contributed by atoms with Crippen LogP contribution < -0.4 is 5.32 Å². The lowest BCUT2D eigenvalue weighted by molar-refractivity contribution is 0.0938. The van der Waals surface area contributed by atoms with Crippen LogP contribution in [0.25, 0.3) is 10.1 Å². The lowest BCUT2D eigenvalue weighted by atomic mass is 10.2. The van der Waals surface area contributed by atoms with Gasteiger partial charge < -0.3 is 9.73 Å². The zero-order valence-corrected chi connectivity index (χ0v) is 15.6. The van der Waals surface area contributed by atoms with Gasteiger partial charge in [-0.05, 0) is 56.3 Å². The predicted octanol–water partition coefficient (Wildman–Crippen LogP) is 4.85. The van der Waals surface area contributed by atoms with E-state index in [9.17, 15) is 9.18 Å². The largest absolute Gasteiger partial charge is 0.468 e. The fourth-order valence-corrected chi connectivity index (χ4v) is 4.86. The minimum atomic E-state index is -0.339. The van der Waals surface area contributed by atoms with Crippen LogP contribution in [0.3, 0.4) is 0 Å². The van der Waals surface area contributed by atoms with Crippen molar-refractivity contribution >= 4 is 38.9 Å². The molecule has 1 atom stereocenters. The summed E-state index contributed by atoms with van der Waals surface area (Å²) in [6, 6.07) is 8.15. The Morgan fingerprint density at radius 3 is 2.88 bits per heavy atom. The predicted molar refractivity (Wildman–Crippen MR) is 101 cm³/mol. The molecule has 1 aliphatic heterocycles. The molecule has 0 saturated carbocycles. The first-order valence-electron chi connectivity index (χ1n) is 8.56. The third kappa shape index (κ3) is 3.37. The number of halogens is 2. The van der Waals surface area contributed by atoms with Crippen molar-refractivity contribution in [2.24, 2.45) is 0 Å². The first-order valence-corrected chi connectivity index (χ1v) is 9.76. The molecule has 2 aromatic heterocycles. The van der Waals surface area contributed by atoms with Crippen LogP contribution in [0.2, 0.25) is 5.02 Å². The van der Waals surface area contributed by atoms with Crippen LogP contribution in [0, 0.1) is 5.82 Å². The van der Waals surface area contributed by atoms with Gasteiger partial charge in [-0.25, -0.2) is 4.39 Å². The maximum absolute atomic E-state index is 13.4. The molecule has 1 aliphatic rings. The minimum Gasteiger partial charge on any atom is -0.468 e. The van der Waals surface area contributed by atoms with E-state index >= 15 is 0 Å². The summed E-state index contributed by atoms with van der Waals surface area (Å²) in [7, 11) is 0. The second kappa shape index (κ2) is 7.39. The Bertz CT molecular complexity index is 919. The quantitative estimate of drug-likeness (QED) is 0.674. The van der Waals surface area contributed by atoms with Crippen molar-refractivity contribution in [3.63, 3.8) is 0 Å². The molecule has 7 heteroatoms. The molecule has 136 valence electrons. The summed E-state index contributed by atoms with van der Waals surface area (Å²) in [5, 5.41) is 4.04. The number of hydrogen-bond donors (Lipinski definition) is 1. The van der Waals surface area contributed by atoms with Crippen LogP contribution in [0.15, 0.2) is 41.0 Å². The van der Waals surface area contributed by atoms with Gasteiger partial charge in [0.2, 0.25) is 0 Å². The van der Waals surface area contributed by atoms with Gasteiger partial charge in [-0.3, -0.25) is 9.69 Å². The molecule has 1 saturated heterocycles. The van der Waals surface area contributed by atoms with E-state index in [0.717, 1.165) is 31.7 Å². The van der Waals surface area contributed by atoms with Gasteiger partial charge in [0.15, 0.2) is 0 Å². The number of thiophene rings is 1. The maximum Gasteiger partial charge on any atom is 0.263 e. The van der Waals surface area contributed by atoms with Gasteiger partial charge in [0, 0.05) is 16.6 Å². The number of hydrogen-bond acceptors (Lipinski definition) is 4. The zero-order chi connectivity index (χ0) is 18.1. The third-order valence-electron chi connectivity index (χ3n) is 4.71. The maximum atomic E-state index is 13.4. The standard InChI is InChI=1S/C19H18ClFN2O2S/c20-17-13-6-5-12(21)10-16(13)26-18(17)19(24)22-11-14(15-4-3-9-25-15)23-7-1-2-8-23/h3-6,9-10,14H,1-2,7-8,11H2,(H,22,24)/t14-/m1/s1. The van der Waals surface area contributed by atoms with E-state index in [1.165, 1.54) is 23.5 Å². The summed E-state index contributed by atoms with van der Waals surface area (Å²) in [5.41, 5.74) is 0. The molecule has 1 N–H and O–H groups in total. The number of carbonyl (C=O) groups excluding carboxylic acids is 1. The van der Waals surface area contributed by atoms with E-state index in [-0.39, 0.29) is 17.8 Å². The molecular weight excluding hydrogens is 375 g/mol. The lowest BCUT2D eigenvalue weighted by Crippen LogP contribution is -2.36. The summed E-state index contributed by atoms with van der Waals surface area (Å²) in [5.74, 6) is 0.262. The number of amides is 1. The molecule has 0 unspecified atom stereocenters. The van der Waals surface area contributed by atoms with E-state index < -0.39 is 0 Å². The highest BCUT2D eigenvalue weighted by molar-refractivity contribution is 7.21. The molecule has 0 aliphatic carbocycles. The fraction of sp³-hybridized carbons (Fsp3) is 0.316. The molecule has 4 rings (SSSR count). The SMILES string of the molecule is O=C(NC[C@H](c1ccco1)N1CCCC1)c1sc2cc(F)ccc2c1Cl. The minimum absolute atomic E-state index is 0.00190. The number of carbonyl (C=O) groups is 1. The Morgan fingerprint density at radius 1 is 1.35 bits per heavy atom. The van der Waals surface area contributed by atoms with E-state index in [1.54, 1.807) is 12.3 Å². The van der Waals surface area contributed by atoms with Gasteiger partial charge >= 0.3 is 0 Å². The number of benzene rings is 1. The van der Waals surface area contributed by atoms with Crippen molar-refractivity contribution in [2.45, 2.75) is 18.9 Å². The molecule has 4 nitrogen and oxygen atoms in total. The first kappa shape index (κ1) is 17.5. The van der Waals surface area contributed by atoms with Crippen LogP contribution in [0.5, 0.6) is 0 Å². The van der Waals surface area contributed by atoms with E-state index in [1.807, 2.05) is 12.1 Å². The molecule has 3 aromatic rings. The summed E-state index contributed by atoms with van der Waals surface area (Å²) in [6.07, 6.45) is 3.95. The molecule has 0 spiro atoms. The van der Waals surface area contributed by atoms with Crippen LogP contribution >= 0.6 is 22.9 Å². The van der Waals surface area contributed by atoms with Gasteiger partial charge in [0.05, 0.1) is 17.3 Å². The smallest absolute Gasteiger partial charge is 0.263 e. The number of fused-ring (bicyclic) bond motifs is 1. The normalized spacial score (nSPS) is 16.2. The molecule has 3 heterocycles. The monoisotopic (exact) mass is 392 g/mol. The van der Waals surface area contributed by atoms with Gasteiger partial charge in [-0.15, -0.1) is 11.3 Å². The van der Waals surface area contributed by atoms with Crippen LogP contribution in [0.4, 0.5) is 4.39 Å². The summed E-state index contributed by atoms with van der Waals surface area (Å²) in [4.78, 5) is 15.4. The van der Waals surface area contributed by atoms with Gasteiger partial charge in [-0.1, -0.05) is 11.6 Å². The summed E-state index contributed by atoms with van der Waals surface area (Å²) >= 11 is 7.55. The number of nitrogens with one attached hydrogen (secondary N) is 1. The van der Waals surface area contributed by atoms with Crippen molar-refractivity contribution in [1.82, 2.24) is 10.2 Å². The summed E-state index contributed by atoms with van der Waals surface area (Å²) < 4.78 is 19.7. The van der Waals surface area contributed by atoms with Crippen LogP contribution in [0.1, 0.15) is 34.3 Å².